The molecule has 2 unspecified atom stereocenters. The number of ether oxygens (including phenoxy) is 2. The number of aromatic nitrogens is 4. The molecule has 6 aromatic rings. The number of thiazole rings is 1. The van der Waals surface area contributed by atoms with Gasteiger partial charge in [-0.15, -0.1) is 11.3 Å². The van der Waals surface area contributed by atoms with E-state index in [4.69, 9.17) is 19.7 Å². The number of fused-ring (bicyclic) bond motifs is 2. The second kappa shape index (κ2) is 22.5. The maximum atomic E-state index is 14.5. The molecule has 0 spiro atoms. The number of amides is 2. The number of benzene rings is 2. The number of aromatic amines is 1. The lowest BCUT2D eigenvalue weighted by atomic mass is 9.85. The van der Waals surface area contributed by atoms with Gasteiger partial charge in [0.05, 0.1) is 51.8 Å². The van der Waals surface area contributed by atoms with Crippen LogP contribution >= 0.6 is 11.3 Å². The normalized spacial score (nSPS) is 25.6. The fourth-order valence-corrected chi connectivity index (χ4v) is 15.6. The van der Waals surface area contributed by atoms with Crippen LogP contribution in [0.1, 0.15) is 120 Å². The van der Waals surface area contributed by atoms with Crippen molar-refractivity contribution >= 4 is 46.2 Å². The van der Waals surface area contributed by atoms with E-state index >= 15 is 0 Å². The first-order chi connectivity index (χ1) is 39.7. The molecular weight excluding hydrogens is 1050 g/mol. The summed E-state index contributed by atoms with van der Waals surface area (Å²) in [4.78, 5) is 53.4. The number of nitrogens with two attached hydrogens (primary N) is 1. The number of nitrogens with zero attached hydrogens (tertiary/aromatic N) is 8. The minimum Gasteiger partial charge on any atom is -0.507 e. The minimum absolute atomic E-state index is 0.0882. The van der Waals surface area contributed by atoms with Gasteiger partial charge in [0.15, 0.2) is 11.6 Å². The smallest absolute Gasteiger partial charge is 0.243 e. The number of nitrogen functional groups attached to an aromatic ring is 1. The van der Waals surface area contributed by atoms with Gasteiger partial charge >= 0.3 is 0 Å². The summed E-state index contributed by atoms with van der Waals surface area (Å²) in [7, 11) is 0. The van der Waals surface area contributed by atoms with Gasteiger partial charge < -0.3 is 59.8 Å². The Morgan fingerprint density at radius 3 is 2.29 bits per heavy atom. The largest absolute Gasteiger partial charge is 0.507 e. The van der Waals surface area contributed by atoms with Crippen molar-refractivity contribution in [3.63, 3.8) is 0 Å². The molecule has 6 N–H and O–H groups in total. The molecule has 6 atom stereocenters. The van der Waals surface area contributed by atoms with Gasteiger partial charge in [-0.25, -0.2) is 9.97 Å². The zero-order valence-corrected chi connectivity index (χ0v) is 48.5. The SMILES string of the molecule is Cc1ncsc1-c1ccc([C@H](C)NC(=O)[C@@H]2C[C@@H](O)CN2C(=O)[C@H](c2cc(N3CCC(C4(N5CCC(O[C@H]6C[C@H](Oc7cc(N8C9CCC8CN(c8cc(-c%10ccccc%10O)[nH]c8N)C9)ccn7)C6)CC5)CC4)CC3)no2)C(C)C)cc1. The summed E-state index contributed by atoms with van der Waals surface area (Å²) in [6.07, 6.45) is 12.6. The molecule has 9 heterocycles. The quantitative estimate of drug-likeness (QED) is 0.0576. The summed E-state index contributed by atoms with van der Waals surface area (Å²) in [5.41, 5.74) is 15.4. The number of para-hydroxylation sites is 1. The molecule has 2 aromatic carbocycles. The molecule has 19 heteroatoms. The third kappa shape index (κ3) is 10.7. The number of anilines is 4. The Hall–Kier alpha value is -6.67. The number of pyridine rings is 1. The van der Waals surface area contributed by atoms with Crippen molar-refractivity contribution in [1.82, 2.24) is 35.2 Å². The molecule has 4 aromatic heterocycles. The molecule has 2 aliphatic carbocycles. The third-order valence-corrected chi connectivity index (χ3v) is 20.4. The van der Waals surface area contributed by atoms with Crippen molar-refractivity contribution in [1.29, 1.82) is 0 Å². The van der Waals surface area contributed by atoms with E-state index in [2.05, 4.69) is 63.2 Å². The van der Waals surface area contributed by atoms with E-state index in [-0.39, 0.29) is 66.3 Å². The number of piperidine rings is 2. The van der Waals surface area contributed by atoms with E-state index in [9.17, 15) is 19.8 Å². The van der Waals surface area contributed by atoms with Crippen LogP contribution in [0, 0.1) is 18.8 Å². The molecular formula is C63H79N11O7S. The van der Waals surface area contributed by atoms with Crippen molar-refractivity contribution in [3.05, 3.63) is 102 Å². The number of phenols is 1. The highest BCUT2D eigenvalue weighted by Crippen LogP contribution is 2.53. The maximum absolute atomic E-state index is 14.5. The summed E-state index contributed by atoms with van der Waals surface area (Å²) in [5, 5.41) is 29.0. The van der Waals surface area contributed by atoms with E-state index in [1.807, 2.05) is 87.9 Å². The van der Waals surface area contributed by atoms with Crippen molar-refractivity contribution < 1.29 is 33.8 Å². The zero-order valence-electron chi connectivity index (χ0n) is 47.7. The zero-order chi connectivity index (χ0) is 56.4. The minimum atomic E-state index is -0.801. The van der Waals surface area contributed by atoms with Gasteiger partial charge in [0.2, 0.25) is 17.7 Å². The number of piperazine rings is 1. The van der Waals surface area contributed by atoms with Gasteiger partial charge in [0.1, 0.15) is 29.6 Å². The highest BCUT2D eigenvalue weighted by molar-refractivity contribution is 7.13. The number of hydrogen-bond donors (Lipinski definition) is 5. The summed E-state index contributed by atoms with van der Waals surface area (Å²) in [6, 6.07) is 23.3. The Balaban J connectivity index is 0.551. The van der Waals surface area contributed by atoms with Gasteiger partial charge in [-0.3, -0.25) is 14.5 Å². The Kier molecular flexibility index (Phi) is 15.0. The molecule has 5 saturated heterocycles. The van der Waals surface area contributed by atoms with Gasteiger partial charge in [-0.1, -0.05) is 55.4 Å². The molecule has 2 amide bonds. The van der Waals surface area contributed by atoms with Crippen LogP contribution in [0.3, 0.4) is 0 Å². The highest BCUT2D eigenvalue weighted by Gasteiger charge is 2.55. The molecule has 0 radical (unpaired) electrons. The number of carbonyl (C=O) groups is 2. The number of aliphatic hydroxyl groups excluding tert-OH is 1. The number of rotatable bonds is 17. The first-order valence-electron chi connectivity index (χ1n) is 30.1. The predicted molar refractivity (Wildman–Crippen MR) is 317 cm³/mol. The fraction of sp³-hybridized carbons (Fsp3) is 0.540. The van der Waals surface area contributed by atoms with E-state index in [0.29, 0.717) is 35.5 Å². The van der Waals surface area contributed by atoms with Gasteiger partial charge in [0, 0.05) is 112 Å². The van der Waals surface area contributed by atoms with Crippen LogP contribution in [0.4, 0.5) is 23.0 Å². The van der Waals surface area contributed by atoms with E-state index < -0.39 is 18.1 Å². The molecule has 2 bridgehead atoms. The van der Waals surface area contributed by atoms with Crippen LogP contribution in [-0.2, 0) is 14.3 Å². The van der Waals surface area contributed by atoms with Crippen molar-refractivity contribution in [2.75, 3.05) is 66.2 Å². The number of carbonyl (C=O) groups excluding carboxylic acids is 2. The number of β-amino-alcohol motifs (C(OH)–C–C–N with tert-alkyl or cyclic N) is 1. The molecule has 7 fully saturated rings. The van der Waals surface area contributed by atoms with Crippen LogP contribution in [0.25, 0.3) is 21.7 Å². The monoisotopic (exact) mass is 1130 g/mol. The number of aliphatic hydroxyl groups is 1. The van der Waals surface area contributed by atoms with Crippen LogP contribution in [0.15, 0.2) is 89.0 Å². The number of nitrogens with one attached hydrogen (secondary N) is 2. The number of aryl methyl sites for hydroxylation is 1. The second-order valence-corrected chi connectivity index (χ2v) is 25.7. The number of phenolic OH excluding ortho intramolecular Hbond substituents is 1. The third-order valence-electron chi connectivity index (χ3n) is 19.4. The lowest BCUT2D eigenvalue weighted by Crippen LogP contribution is -2.54. The number of likely N-dealkylation sites (tertiary alicyclic amines) is 2. The molecule has 2 saturated carbocycles. The summed E-state index contributed by atoms with van der Waals surface area (Å²) >= 11 is 1.60. The topological polar surface area (TPSA) is 215 Å². The van der Waals surface area contributed by atoms with Crippen LogP contribution in [0.2, 0.25) is 0 Å². The first kappa shape index (κ1) is 54.6. The number of aromatic hydroxyl groups is 1. The summed E-state index contributed by atoms with van der Waals surface area (Å²) in [5.74, 6) is 2.11. The van der Waals surface area contributed by atoms with Crippen molar-refractivity contribution in [3.8, 4) is 33.3 Å². The van der Waals surface area contributed by atoms with Crippen LogP contribution in [-0.4, -0.2) is 146 Å². The average Bonchev–Trinajstić information content (AvgIpc) is 4.17. The van der Waals surface area contributed by atoms with Gasteiger partial charge in [-0.2, -0.15) is 0 Å². The summed E-state index contributed by atoms with van der Waals surface area (Å²) < 4.78 is 19.2. The van der Waals surface area contributed by atoms with Crippen LogP contribution < -0.4 is 30.5 Å². The van der Waals surface area contributed by atoms with Gasteiger partial charge in [-0.05, 0) is 112 Å². The predicted octanol–water partition coefficient (Wildman–Crippen LogP) is 9.06. The van der Waals surface area contributed by atoms with E-state index in [1.54, 1.807) is 22.3 Å². The maximum Gasteiger partial charge on any atom is 0.243 e. The molecule has 5 aliphatic heterocycles. The standard InChI is InChI=1S/C63H79N11O7S/c1-37(2)58(62(78)73-35-46(75)28-53(73)61(77)67-38(3)40-9-11-41(12-10-40)59-39(4)66-36-82-59)55-32-56(69-81-55)70-23-16-42(17-24-70)63(20-21-63)72-25-18-47(19-26-72)79-48-29-49(30-48)80-57-27-43(15-22-65-57)74-44-13-14-45(74)34-71(33-44)52-31-51(68-60(52)64)50-7-5-6-8-54(50)76/h5-12,15,22,27,31-32,36-38,42,44-49,53,58,68,75-76H,13-14,16-21,23-26,28-30,33-35,64H2,1-4H3,(H,67,77)/t38-,44?,45?,46+,48-,49-,53-,58-/m0/s1. The molecule has 7 aliphatic rings. The highest BCUT2D eigenvalue weighted by atomic mass is 32.1. The Labute approximate surface area is 484 Å². The van der Waals surface area contributed by atoms with E-state index in [0.717, 1.165) is 141 Å². The lowest BCUT2D eigenvalue weighted by molar-refractivity contribution is -0.141. The Bertz CT molecular complexity index is 3210. The van der Waals surface area contributed by atoms with Crippen LogP contribution in [0.5, 0.6) is 11.6 Å². The molecule has 18 nitrogen and oxygen atoms in total. The number of hydrogen-bond acceptors (Lipinski definition) is 16. The second-order valence-electron chi connectivity index (χ2n) is 24.9. The molecule has 82 heavy (non-hydrogen) atoms. The first-order valence-corrected chi connectivity index (χ1v) is 31.0. The lowest BCUT2D eigenvalue weighted by Gasteiger charge is -2.45. The number of H-pyrrole nitrogens is 1. The Morgan fingerprint density at radius 1 is 0.854 bits per heavy atom. The van der Waals surface area contributed by atoms with Gasteiger partial charge in [0.25, 0.3) is 0 Å². The molecule has 13 rings (SSSR count). The van der Waals surface area contributed by atoms with Crippen molar-refractivity contribution in [2.45, 2.75) is 158 Å². The fourth-order valence-electron chi connectivity index (χ4n) is 14.8. The van der Waals surface area contributed by atoms with E-state index in [1.165, 1.54) is 12.8 Å². The summed E-state index contributed by atoms with van der Waals surface area (Å²) in [6.45, 7) is 13.6. The van der Waals surface area contributed by atoms with Crippen molar-refractivity contribution in [2.24, 2.45) is 11.8 Å². The average molecular weight is 1130 g/mol. The molecule has 434 valence electrons. The Morgan fingerprint density at radius 2 is 1.60 bits per heavy atom.